The lowest BCUT2D eigenvalue weighted by Gasteiger charge is -2.26. The van der Waals surface area contributed by atoms with Gasteiger partial charge in [0.15, 0.2) is 0 Å². The van der Waals surface area contributed by atoms with Crippen molar-refractivity contribution < 1.29 is 17.7 Å². The van der Waals surface area contributed by atoms with Gasteiger partial charge in [0, 0.05) is 24.3 Å². The number of carbonyl (C=O) groups excluding carboxylic acids is 1. The fourth-order valence-corrected chi connectivity index (χ4v) is 4.67. The Bertz CT molecular complexity index is 879. The molecule has 1 aromatic heterocycles. The predicted molar refractivity (Wildman–Crippen MR) is 97.4 cm³/mol. The van der Waals surface area contributed by atoms with E-state index in [1.165, 1.54) is 10.4 Å². The molecule has 140 valence electrons. The molecule has 2 heterocycles. The van der Waals surface area contributed by atoms with Crippen molar-refractivity contribution >= 4 is 21.6 Å². The van der Waals surface area contributed by atoms with Crippen LogP contribution in [0.3, 0.4) is 0 Å². The highest BCUT2D eigenvalue weighted by molar-refractivity contribution is 7.89. The van der Waals surface area contributed by atoms with Gasteiger partial charge in [0.25, 0.3) is 0 Å². The molecular weight excluding hydrogens is 354 g/mol. The second-order valence-corrected chi connectivity index (χ2v) is 8.46. The van der Waals surface area contributed by atoms with Crippen LogP contribution in [0.4, 0.5) is 5.69 Å². The first-order chi connectivity index (χ1) is 12.4. The predicted octanol–water partition coefficient (Wildman–Crippen LogP) is 2.65. The molecule has 2 aromatic rings. The highest BCUT2D eigenvalue weighted by atomic mass is 32.2. The summed E-state index contributed by atoms with van der Waals surface area (Å²) in [6.07, 6.45) is 2.95. The third-order valence-electron chi connectivity index (χ3n) is 4.59. The van der Waals surface area contributed by atoms with E-state index in [1.807, 2.05) is 0 Å². The molecule has 1 N–H and O–H groups in total. The molecule has 1 amide bonds. The summed E-state index contributed by atoms with van der Waals surface area (Å²) in [6, 6.07) is 6.39. The van der Waals surface area contributed by atoms with Gasteiger partial charge in [0.1, 0.15) is 5.76 Å². The summed E-state index contributed by atoms with van der Waals surface area (Å²) in [5, 5.41) is 6.59. The van der Waals surface area contributed by atoms with Crippen LogP contribution in [-0.2, 0) is 21.2 Å². The first-order valence-electron chi connectivity index (χ1n) is 8.70. The Morgan fingerprint density at radius 1 is 1.23 bits per heavy atom. The maximum atomic E-state index is 12.8. The van der Waals surface area contributed by atoms with E-state index in [1.54, 1.807) is 32.0 Å². The second-order valence-electron chi connectivity index (χ2n) is 6.52. The Morgan fingerprint density at radius 3 is 2.62 bits per heavy atom. The van der Waals surface area contributed by atoms with Gasteiger partial charge in [0.05, 0.1) is 17.0 Å². The SMILES string of the molecule is Cc1noc(C)c1CC(=O)Nc1cccc(S(=O)(=O)N2CCCCC2)c1. The van der Waals surface area contributed by atoms with E-state index in [0.717, 1.165) is 24.8 Å². The zero-order valence-corrected chi connectivity index (χ0v) is 15.8. The van der Waals surface area contributed by atoms with Crippen molar-refractivity contribution in [2.45, 2.75) is 44.4 Å². The maximum Gasteiger partial charge on any atom is 0.243 e. The smallest absolute Gasteiger partial charge is 0.243 e. The van der Waals surface area contributed by atoms with Gasteiger partial charge in [-0.1, -0.05) is 17.6 Å². The van der Waals surface area contributed by atoms with E-state index in [9.17, 15) is 13.2 Å². The Hall–Kier alpha value is -2.19. The number of aryl methyl sites for hydroxylation is 2. The zero-order valence-electron chi connectivity index (χ0n) is 15.0. The molecule has 0 atom stereocenters. The first kappa shape index (κ1) is 18.6. The second kappa shape index (κ2) is 7.59. The molecule has 1 aromatic carbocycles. The van der Waals surface area contributed by atoms with Crippen molar-refractivity contribution in [1.29, 1.82) is 0 Å². The van der Waals surface area contributed by atoms with Gasteiger partial charge in [0.2, 0.25) is 15.9 Å². The quantitative estimate of drug-likeness (QED) is 0.865. The first-order valence-corrected chi connectivity index (χ1v) is 10.1. The molecule has 0 radical (unpaired) electrons. The average Bonchev–Trinajstić information content (AvgIpc) is 2.94. The van der Waals surface area contributed by atoms with Crippen molar-refractivity contribution in [3.05, 3.63) is 41.3 Å². The molecule has 3 rings (SSSR count). The maximum absolute atomic E-state index is 12.8. The Balaban J connectivity index is 1.74. The van der Waals surface area contributed by atoms with Crippen LogP contribution in [0, 0.1) is 13.8 Å². The van der Waals surface area contributed by atoms with Crippen molar-refractivity contribution in [3.8, 4) is 0 Å². The molecular formula is C18H23N3O4S. The molecule has 7 nitrogen and oxygen atoms in total. The molecule has 1 aliphatic heterocycles. The summed E-state index contributed by atoms with van der Waals surface area (Å²) in [4.78, 5) is 12.5. The Labute approximate surface area is 153 Å². The van der Waals surface area contributed by atoms with Gasteiger partial charge in [-0.05, 0) is 44.9 Å². The number of nitrogens with zero attached hydrogens (tertiary/aromatic N) is 2. The van der Waals surface area contributed by atoms with Crippen molar-refractivity contribution in [2.75, 3.05) is 18.4 Å². The fraction of sp³-hybridized carbons (Fsp3) is 0.444. The molecule has 26 heavy (non-hydrogen) atoms. The van der Waals surface area contributed by atoms with E-state index in [4.69, 9.17) is 4.52 Å². The lowest BCUT2D eigenvalue weighted by Crippen LogP contribution is -2.35. The lowest BCUT2D eigenvalue weighted by molar-refractivity contribution is -0.115. The number of nitrogens with one attached hydrogen (secondary N) is 1. The van der Waals surface area contributed by atoms with Gasteiger partial charge >= 0.3 is 0 Å². The summed E-state index contributed by atoms with van der Waals surface area (Å²) in [6.45, 7) is 4.63. The number of anilines is 1. The number of rotatable bonds is 5. The molecule has 0 unspecified atom stereocenters. The number of sulfonamides is 1. The monoisotopic (exact) mass is 377 g/mol. The summed E-state index contributed by atoms with van der Waals surface area (Å²) in [7, 11) is -3.53. The Morgan fingerprint density at radius 2 is 1.96 bits per heavy atom. The third-order valence-corrected chi connectivity index (χ3v) is 6.48. The topological polar surface area (TPSA) is 92.5 Å². The van der Waals surface area contributed by atoms with Crippen LogP contribution in [0.1, 0.15) is 36.3 Å². The van der Waals surface area contributed by atoms with Crippen LogP contribution >= 0.6 is 0 Å². The van der Waals surface area contributed by atoms with Crippen molar-refractivity contribution in [3.63, 3.8) is 0 Å². The van der Waals surface area contributed by atoms with E-state index in [0.29, 0.717) is 30.2 Å². The highest BCUT2D eigenvalue weighted by Gasteiger charge is 2.26. The minimum atomic E-state index is -3.53. The van der Waals surface area contributed by atoms with Crippen LogP contribution < -0.4 is 5.32 Å². The van der Waals surface area contributed by atoms with Gasteiger partial charge in [-0.15, -0.1) is 0 Å². The van der Waals surface area contributed by atoms with E-state index >= 15 is 0 Å². The molecule has 1 saturated heterocycles. The minimum Gasteiger partial charge on any atom is -0.361 e. The van der Waals surface area contributed by atoms with Crippen LogP contribution in [0.25, 0.3) is 0 Å². The standard InChI is InChI=1S/C18H23N3O4S/c1-13-17(14(2)25-20-13)12-18(22)19-15-7-6-8-16(11-15)26(23,24)21-9-4-3-5-10-21/h6-8,11H,3-5,9-10,12H2,1-2H3,(H,19,22). The summed E-state index contributed by atoms with van der Waals surface area (Å²) in [5.74, 6) is 0.367. The number of benzene rings is 1. The van der Waals surface area contributed by atoms with Crippen LogP contribution in [-0.4, -0.2) is 36.9 Å². The fourth-order valence-electron chi connectivity index (χ4n) is 3.11. The lowest BCUT2D eigenvalue weighted by atomic mass is 10.1. The Kier molecular flexibility index (Phi) is 5.43. The zero-order chi connectivity index (χ0) is 18.7. The van der Waals surface area contributed by atoms with E-state index in [-0.39, 0.29) is 17.2 Å². The number of carbonyl (C=O) groups is 1. The van der Waals surface area contributed by atoms with Gasteiger partial charge < -0.3 is 9.84 Å². The minimum absolute atomic E-state index is 0.129. The van der Waals surface area contributed by atoms with Gasteiger partial charge in [-0.3, -0.25) is 4.79 Å². The molecule has 1 aliphatic rings. The number of hydrogen-bond acceptors (Lipinski definition) is 5. The summed E-state index contributed by atoms with van der Waals surface area (Å²) < 4.78 is 32.1. The summed E-state index contributed by atoms with van der Waals surface area (Å²) in [5.41, 5.74) is 1.89. The number of piperidine rings is 1. The molecule has 1 fully saturated rings. The average molecular weight is 377 g/mol. The molecule has 0 spiro atoms. The number of aromatic nitrogens is 1. The molecule has 0 aliphatic carbocycles. The number of hydrogen-bond donors (Lipinski definition) is 1. The third kappa shape index (κ3) is 3.96. The number of amides is 1. The van der Waals surface area contributed by atoms with Crippen molar-refractivity contribution in [2.24, 2.45) is 0 Å². The molecule has 0 saturated carbocycles. The van der Waals surface area contributed by atoms with E-state index < -0.39 is 10.0 Å². The summed E-state index contributed by atoms with van der Waals surface area (Å²) >= 11 is 0. The normalized spacial score (nSPS) is 15.8. The van der Waals surface area contributed by atoms with E-state index in [2.05, 4.69) is 10.5 Å². The van der Waals surface area contributed by atoms with Crippen LogP contribution in [0.5, 0.6) is 0 Å². The highest BCUT2D eigenvalue weighted by Crippen LogP contribution is 2.23. The van der Waals surface area contributed by atoms with Gasteiger partial charge in [-0.2, -0.15) is 4.31 Å². The molecule has 0 bridgehead atoms. The largest absolute Gasteiger partial charge is 0.361 e. The van der Waals surface area contributed by atoms with Crippen molar-refractivity contribution in [1.82, 2.24) is 9.46 Å². The van der Waals surface area contributed by atoms with Crippen LogP contribution in [0.15, 0.2) is 33.7 Å². The van der Waals surface area contributed by atoms with Crippen LogP contribution in [0.2, 0.25) is 0 Å². The van der Waals surface area contributed by atoms with Gasteiger partial charge in [-0.25, -0.2) is 8.42 Å². The molecule has 8 heteroatoms.